The Hall–Kier alpha value is -3.95. The molecule has 3 amide bonds. The van der Waals surface area contributed by atoms with Crippen LogP contribution in [0.4, 0.5) is 25.1 Å². The minimum Gasteiger partial charge on any atom is -0.315 e. The lowest BCUT2D eigenvalue weighted by Crippen LogP contribution is -2.42. The van der Waals surface area contributed by atoms with E-state index >= 15 is 0 Å². The summed E-state index contributed by atoms with van der Waals surface area (Å²) < 4.78 is 28.9. The van der Waals surface area contributed by atoms with E-state index < -0.39 is 23.6 Å². The summed E-state index contributed by atoms with van der Waals surface area (Å²) in [6.07, 6.45) is 0. The summed E-state index contributed by atoms with van der Waals surface area (Å²) in [7, 11) is 0. The van der Waals surface area contributed by atoms with Gasteiger partial charge in [-0.05, 0) is 36.2 Å². The van der Waals surface area contributed by atoms with Crippen LogP contribution < -0.4 is 10.6 Å². The van der Waals surface area contributed by atoms with Gasteiger partial charge >= 0.3 is 6.03 Å². The quantitative estimate of drug-likeness (QED) is 0.233. The zero-order valence-electron chi connectivity index (χ0n) is 21.1. The number of nitrogens with one attached hydrogen (secondary N) is 2. The Morgan fingerprint density at radius 2 is 1.69 bits per heavy atom. The molecule has 0 aliphatic carbocycles. The molecule has 39 heavy (non-hydrogen) atoms. The average molecular weight is 572 g/mol. The van der Waals surface area contributed by atoms with Gasteiger partial charge in [0, 0.05) is 24.2 Å². The molecule has 4 aromatic rings. The van der Waals surface area contributed by atoms with Gasteiger partial charge < -0.3 is 15.5 Å². The summed E-state index contributed by atoms with van der Waals surface area (Å²) in [5.41, 5.74) is 1.79. The van der Waals surface area contributed by atoms with Crippen LogP contribution in [0.1, 0.15) is 13.8 Å². The van der Waals surface area contributed by atoms with E-state index in [1.54, 1.807) is 24.3 Å². The van der Waals surface area contributed by atoms with Crippen LogP contribution in [0, 0.1) is 17.6 Å². The third-order valence-corrected chi connectivity index (χ3v) is 6.31. The molecule has 0 aliphatic heterocycles. The van der Waals surface area contributed by atoms with Crippen molar-refractivity contribution in [3.05, 3.63) is 94.5 Å². The fraction of sp³-hybridized carbons (Fsp3) is 0.179. The van der Waals surface area contributed by atoms with Crippen LogP contribution in [0.15, 0.2) is 72.8 Å². The van der Waals surface area contributed by atoms with E-state index in [-0.39, 0.29) is 24.7 Å². The lowest BCUT2D eigenvalue weighted by atomic mass is 10.1. The second-order valence-electron chi connectivity index (χ2n) is 9.17. The molecule has 7 nitrogen and oxygen atoms in total. The molecule has 4 rings (SSSR count). The Kier molecular flexibility index (Phi) is 8.83. The maximum absolute atomic E-state index is 14.1. The summed E-state index contributed by atoms with van der Waals surface area (Å²) in [5.74, 6) is -1.85. The third-order valence-electron chi connectivity index (χ3n) is 5.57. The normalized spacial score (nSPS) is 10.9. The standard InChI is InChI=1S/C28H25Cl2F2N5O2/c1-17(2)15-36(28(39)33-24-11-8-19(31)12-23(24)32)16-27(38)34-26-14-25(18-6-4-3-5-7-18)35-37(26)20-9-10-21(29)22(30)13-20/h3-14,17H,15-16H2,1-2H3,(H,33,39)(H,34,38). The summed E-state index contributed by atoms with van der Waals surface area (Å²) in [6, 6.07) is 18.2. The molecule has 0 fully saturated rings. The van der Waals surface area contributed by atoms with Crippen molar-refractivity contribution in [1.82, 2.24) is 14.7 Å². The number of amides is 3. The number of carbonyl (C=O) groups excluding carboxylic acids is 2. The van der Waals surface area contributed by atoms with Crippen molar-refractivity contribution in [3.8, 4) is 16.9 Å². The van der Waals surface area contributed by atoms with Gasteiger partial charge in [0.25, 0.3) is 0 Å². The van der Waals surface area contributed by atoms with Crippen LogP contribution in [0.3, 0.4) is 0 Å². The lowest BCUT2D eigenvalue weighted by Gasteiger charge is -2.24. The van der Waals surface area contributed by atoms with Gasteiger partial charge in [0.2, 0.25) is 5.91 Å². The first-order chi connectivity index (χ1) is 18.6. The Morgan fingerprint density at radius 1 is 0.949 bits per heavy atom. The number of hydrogen-bond donors (Lipinski definition) is 2. The van der Waals surface area contributed by atoms with E-state index in [0.29, 0.717) is 33.3 Å². The number of halogens is 4. The van der Waals surface area contributed by atoms with Crippen molar-refractivity contribution in [2.75, 3.05) is 23.7 Å². The number of anilines is 2. The van der Waals surface area contributed by atoms with E-state index in [4.69, 9.17) is 23.2 Å². The second kappa shape index (κ2) is 12.3. The Bertz CT molecular complexity index is 1490. The first-order valence-corrected chi connectivity index (χ1v) is 12.8. The maximum Gasteiger partial charge on any atom is 0.322 e. The molecule has 1 heterocycles. The molecule has 0 saturated carbocycles. The number of benzene rings is 3. The minimum atomic E-state index is -0.920. The summed E-state index contributed by atoms with van der Waals surface area (Å²) in [6.45, 7) is 3.63. The highest BCUT2D eigenvalue weighted by atomic mass is 35.5. The summed E-state index contributed by atoms with van der Waals surface area (Å²) in [4.78, 5) is 27.4. The van der Waals surface area contributed by atoms with Crippen LogP contribution in [-0.2, 0) is 4.79 Å². The van der Waals surface area contributed by atoms with Crippen molar-refractivity contribution >= 4 is 46.6 Å². The van der Waals surface area contributed by atoms with Crippen molar-refractivity contribution in [2.45, 2.75) is 13.8 Å². The molecule has 1 aromatic heterocycles. The van der Waals surface area contributed by atoms with Gasteiger partial charge in [0.15, 0.2) is 0 Å². The smallest absolute Gasteiger partial charge is 0.315 e. The predicted molar refractivity (Wildman–Crippen MR) is 149 cm³/mol. The highest BCUT2D eigenvalue weighted by Gasteiger charge is 2.22. The molecule has 0 atom stereocenters. The molecule has 0 aliphatic rings. The molecular formula is C28H25Cl2F2N5O2. The van der Waals surface area contributed by atoms with E-state index in [0.717, 1.165) is 17.7 Å². The highest BCUT2D eigenvalue weighted by molar-refractivity contribution is 6.42. The molecule has 11 heteroatoms. The van der Waals surface area contributed by atoms with Crippen LogP contribution in [0.25, 0.3) is 16.9 Å². The number of urea groups is 1. The van der Waals surface area contributed by atoms with E-state index in [1.165, 1.54) is 9.58 Å². The van der Waals surface area contributed by atoms with Crippen molar-refractivity contribution in [1.29, 1.82) is 0 Å². The highest BCUT2D eigenvalue weighted by Crippen LogP contribution is 2.29. The van der Waals surface area contributed by atoms with Crippen LogP contribution in [-0.4, -0.2) is 39.7 Å². The molecule has 0 radical (unpaired) electrons. The molecule has 0 saturated heterocycles. The van der Waals surface area contributed by atoms with Gasteiger partial charge in [-0.2, -0.15) is 5.10 Å². The molecule has 0 bridgehead atoms. The molecule has 0 spiro atoms. The lowest BCUT2D eigenvalue weighted by molar-refractivity contribution is -0.116. The van der Waals surface area contributed by atoms with Gasteiger partial charge in [-0.25, -0.2) is 18.3 Å². The predicted octanol–water partition coefficient (Wildman–Crippen LogP) is 7.25. The topological polar surface area (TPSA) is 79.3 Å². The van der Waals surface area contributed by atoms with Crippen LogP contribution in [0.5, 0.6) is 0 Å². The van der Waals surface area contributed by atoms with Crippen molar-refractivity contribution < 1.29 is 18.4 Å². The molecule has 3 aromatic carbocycles. The van der Waals surface area contributed by atoms with Crippen LogP contribution in [0.2, 0.25) is 10.0 Å². The fourth-order valence-corrected chi connectivity index (χ4v) is 4.13. The molecule has 0 unspecified atom stereocenters. The van der Waals surface area contributed by atoms with Crippen molar-refractivity contribution in [3.63, 3.8) is 0 Å². The van der Waals surface area contributed by atoms with Gasteiger partial charge in [-0.15, -0.1) is 0 Å². The zero-order valence-corrected chi connectivity index (χ0v) is 22.6. The van der Waals surface area contributed by atoms with Gasteiger partial charge in [0.05, 0.1) is 27.1 Å². The van der Waals surface area contributed by atoms with Crippen LogP contribution >= 0.6 is 23.2 Å². The minimum absolute atomic E-state index is 0.00744. The Labute approximate surface area is 234 Å². The van der Waals surface area contributed by atoms with E-state index in [1.807, 2.05) is 44.2 Å². The van der Waals surface area contributed by atoms with Gasteiger partial charge in [-0.3, -0.25) is 4.79 Å². The fourth-order valence-electron chi connectivity index (χ4n) is 3.83. The Balaban J connectivity index is 1.59. The number of aromatic nitrogens is 2. The molecule has 202 valence electrons. The largest absolute Gasteiger partial charge is 0.322 e. The molecular weight excluding hydrogens is 547 g/mol. The zero-order chi connectivity index (χ0) is 28.1. The molecule has 2 N–H and O–H groups in total. The second-order valence-corrected chi connectivity index (χ2v) is 9.98. The Morgan fingerprint density at radius 3 is 2.36 bits per heavy atom. The SMILES string of the molecule is CC(C)CN(CC(=O)Nc1cc(-c2ccccc2)nn1-c1ccc(Cl)c(Cl)c1)C(=O)Nc1ccc(F)cc1F. The first kappa shape index (κ1) is 28.1. The number of rotatable bonds is 8. The monoisotopic (exact) mass is 571 g/mol. The van der Waals surface area contributed by atoms with E-state index in [9.17, 15) is 18.4 Å². The maximum atomic E-state index is 14.1. The number of carbonyl (C=O) groups is 2. The van der Waals surface area contributed by atoms with Crippen molar-refractivity contribution in [2.24, 2.45) is 5.92 Å². The summed E-state index contributed by atoms with van der Waals surface area (Å²) in [5, 5.41) is 10.6. The first-order valence-electron chi connectivity index (χ1n) is 12.0. The average Bonchev–Trinajstić information content (AvgIpc) is 3.30. The van der Waals surface area contributed by atoms with Gasteiger partial charge in [-0.1, -0.05) is 67.4 Å². The van der Waals surface area contributed by atoms with E-state index in [2.05, 4.69) is 15.7 Å². The number of hydrogen-bond acceptors (Lipinski definition) is 3. The van der Waals surface area contributed by atoms with Gasteiger partial charge in [0.1, 0.15) is 24.0 Å². The third kappa shape index (κ3) is 7.13. The summed E-state index contributed by atoms with van der Waals surface area (Å²) >= 11 is 12.3. The number of nitrogens with zero attached hydrogens (tertiary/aromatic N) is 3.